The second-order valence-electron chi connectivity index (χ2n) is 3.60. The minimum atomic E-state index is 0.807. The Hall–Kier alpha value is -1.34. The monoisotopic (exact) mass is 217 g/mol. The van der Waals surface area contributed by atoms with Crippen LogP contribution in [0.4, 0.5) is 0 Å². The molecule has 1 nitrogen and oxygen atoms in total. The van der Waals surface area contributed by atoms with Gasteiger partial charge < -0.3 is 0 Å². The average Bonchev–Trinajstić information content (AvgIpc) is 2.22. The van der Waals surface area contributed by atoms with Crippen LogP contribution in [0.25, 0.3) is 11.1 Å². The Morgan fingerprint density at radius 1 is 1.13 bits per heavy atom. The molecule has 2 aromatic rings. The number of pyridine rings is 1. The molecule has 0 spiro atoms. The molecule has 0 amide bonds. The maximum absolute atomic E-state index is 6.09. The normalized spacial score (nSPS) is 10.3. The van der Waals surface area contributed by atoms with E-state index in [4.69, 9.17) is 11.6 Å². The van der Waals surface area contributed by atoms with E-state index < -0.39 is 0 Å². The number of benzene rings is 1. The number of rotatable bonds is 1. The predicted molar refractivity (Wildman–Crippen MR) is 64.2 cm³/mol. The Kier molecular flexibility index (Phi) is 2.74. The molecule has 15 heavy (non-hydrogen) atoms. The third-order valence-corrected chi connectivity index (χ3v) is 2.88. The Morgan fingerprint density at radius 2 is 1.93 bits per heavy atom. The molecule has 0 bridgehead atoms. The molecule has 0 aliphatic heterocycles. The Morgan fingerprint density at radius 3 is 2.67 bits per heavy atom. The Balaban J connectivity index is 2.59. The van der Waals surface area contributed by atoms with Gasteiger partial charge in [-0.2, -0.15) is 0 Å². The maximum Gasteiger partial charge on any atom is 0.0441 e. The van der Waals surface area contributed by atoms with E-state index in [2.05, 4.69) is 17.1 Å². The topological polar surface area (TPSA) is 12.9 Å². The highest BCUT2D eigenvalue weighted by molar-refractivity contribution is 6.31. The van der Waals surface area contributed by atoms with Crippen molar-refractivity contribution in [1.82, 2.24) is 4.98 Å². The number of aromatic nitrogens is 1. The van der Waals surface area contributed by atoms with Crippen molar-refractivity contribution in [2.24, 2.45) is 0 Å². The summed E-state index contributed by atoms with van der Waals surface area (Å²) in [6.07, 6.45) is 1.82. The first-order chi connectivity index (χ1) is 7.18. The van der Waals surface area contributed by atoms with Gasteiger partial charge in [0, 0.05) is 16.9 Å². The summed E-state index contributed by atoms with van der Waals surface area (Å²) in [5, 5.41) is 0.807. The van der Waals surface area contributed by atoms with Crippen LogP contribution in [-0.2, 0) is 0 Å². The number of aryl methyl sites for hydroxylation is 1. The fourth-order valence-electron chi connectivity index (χ4n) is 1.63. The third kappa shape index (κ3) is 2.02. The van der Waals surface area contributed by atoms with E-state index in [0.29, 0.717) is 0 Å². The molecule has 76 valence electrons. The number of nitrogens with zero attached hydrogens (tertiary/aromatic N) is 1. The lowest BCUT2D eigenvalue weighted by atomic mass is 10.0. The van der Waals surface area contributed by atoms with Crippen LogP contribution in [0, 0.1) is 13.8 Å². The lowest BCUT2D eigenvalue weighted by Crippen LogP contribution is -1.86. The quantitative estimate of drug-likeness (QED) is 0.703. The number of hydrogen-bond donors (Lipinski definition) is 0. The molecule has 0 saturated carbocycles. The van der Waals surface area contributed by atoms with Gasteiger partial charge in [0.2, 0.25) is 0 Å². The van der Waals surface area contributed by atoms with Crippen molar-refractivity contribution in [3.8, 4) is 11.1 Å². The lowest BCUT2D eigenvalue weighted by molar-refractivity contribution is 1.20. The molecule has 0 saturated heterocycles. The largest absolute Gasteiger partial charge is 0.262 e. The molecule has 0 aliphatic rings. The zero-order valence-electron chi connectivity index (χ0n) is 8.79. The summed E-state index contributed by atoms with van der Waals surface area (Å²) in [6, 6.07) is 10.0. The summed E-state index contributed by atoms with van der Waals surface area (Å²) in [7, 11) is 0. The SMILES string of the molecule is Cc1cc(-c2cccc(Cl)c2C)ccn1. The van der Waals surface area contributed by atoms with Crippen LogP contribution < -0.4 is 0 Å². The summed E-state index contributed by atoms with van der Waals surface area (Å²) < 4.78 is 0. The standard InChI is InChI=1S/C13H12ClN/c1-9-8-11(6-7-15-9)12-4-3-5-13(14)10(12)2/h3-8H,1-2H3. The van der Waals surface area contributed by atoms with Crippen LogP contribution in [0.15, 0.2) is 36.5 Å². The van der Waals surface area contributed by atoms with Gasteiger partial charge in [-0.1, -0.05) is 23.7 Å². The Bertz CT molecular complexity index is 492. The number of hydrogen-bond acceptors (Lipinski definition) is 1. The first-order valence-corrected chi connectivity index (χ1v) is 5.24. The molecule has 0 N–H and O–H groups in total. The zero-order valence-corrected chi connectivity index (χ0v) is 9.55. The summed E-state index contributed by atoms with van der Waals surface area (Å²) in [6.45, 7) is 4.02. The number of halogens is 1. The maximum atomic E-state index is 6.09. The third-order valence-electron chi connectivity index (χ3n) is 2.48. The van der Waals surface area contributed by atoms with Crippen molar-refractivity contribution in [2.45, 2.75) is 13.8 Å². The van der Waals surface area contributed by atoms with E-state index in [1.54, 1.807) is 0 Å². The molecule has 0 unspecified atom stereocenters. The fourth-order valence-corrected chi connectivity index (χ4v) is 1.81. The van der Waals surface area contributed by atoms with Gasteiger partial charge in [-0.25, -0.2) is 0 Å². The molecular weight excluding hydrogens is 206 g/mol. The summed E-state index contributed by atoms with van der Waals surface area (Å²) in [5.74, 6) is 0. The van der Waals surface area contributed by atoms with E-state index >= 15 is 0 Å². The highest BCUT2D eigenvalue weighted by Crippen LogP contribution is 2.28. The second-order valence-corrected chi connectivity index (χ2v) is 4.01. The first-order valence-electron chi connectivity index (χ1n) is 4.86. The minimum Gasteiger partial charge on any atom is -0.262 e. The smallest absolute Gasteiger partial charge is 0.0441 e. The van der Waals surface area contributed by atoms with Crippen LogP contribution in [0.5, 0.6) is 0 Å². The summed E-state index contributed by atoms with van der Waals surface area (Å²) >= 11 is 6.09. The van der Waals surface area contributed by atoms with Crippen molar-refractivity contribution >= 4 is 11.6 Å². The first kappa shape index (κ1) is 10.2. The predicted octanol–water partition coefficient (Wildman–Crippen LogP) is 4.02. The van der Waals surface area contributed by atoms with Crippen molar-refractivity contribution in [2.75, 3.05) is 0 Å². The molecular formula is C13H12ClN. The second kappa shape index (κ2) is 4.03. The van der Waals surface area contributed by atoms with Crippen LogP contribution in [-0.4, -0.2) is 4.98 Å². The molecule has 2 rings (SSSR count). The molecule has 0 aliphatic carbocycles. The van der Waals surface area contributed by atoms with Gasteiger partial charge in [0.15, 0.2) is 0 Å². The highest BCUT2D eigenvalue weighted by atomic mass is 35.5. The van der Waals surface area contributed by atoms with Crippen LogP contribution in [0.2, 0.25) is 5.02 Å². The van der Waals surface area contributed by atoms with E-state index in [0.717, 1.165) is 16.3 Å². The Labute approximate surface area is 94.7 Å². The zero-order chi connectivity index (χ0) is 10.8. The van der Waals surface area contributed by atoms with E-state index in [-0.39, 0.29) is 0 Å². The molecule has 2 heteroatoms. The van der Waals surface area contributed by atoms with Gasteiger partial charge in [0.05, 0.1) is 0 Å². The molecule has 1 aromatic heterocycles. The van der Waals surface area contributed by atoms with E-state index in [9.17, 15) is 0 Å². The van der Waals surface area contributed by atoms with Gasteiger partial charge in [-0.15, -0.1) is 0 Å². The minimum absolute atomic E-state index is 0.807. The van der Waals surface area contributed by atoms with Gasteiger partial charge in [-0.3, -0.25) is 4.98 Å². The van der Waals surface area contributed by atoms with Gasteiger partial charge in [0.25, 0.3) is 0 Å². The average molecular weight is 218 g/mol. The molecule has 0 radical (unpaired) electrons. The van der Waals surface area contributed by atoms with Crippen molar-refractivity contribution in [3.63, 3.8) is 0 Å². The van der Waals surface area contributed by atoms with Gasteiger partial charge >= 0.3 is 0 Å². The molecule has 0 atom stereocenters. The van der Waals surface area contributed by atoms with Crippen molar-refractivity contribution in [1.29, 1.82) is 0 Å². The fraction of sp³-hybridized carbons (Fsp3) is 0.154. The van der Waals surface area contributed by atoms with Crippen molar-refractivity contribution < 1.29 is 0 Å². The summed E-state index contributed by atoms with van der Waals surface area (Å²) in [4.78, 5) is 4.18. The molecule has 1 heterocycles. The van der Waals surface area contributed by atoms with Crippen LogP contribution >= 0.6 is 11.6 Å². The molecule has 0 fully saturated rings. The van der Waals surface area contributed by atoms with Crippen molar-refractivity contribution in [3.05, 3.63) is 52.8 Å². The summed E-state index contributed by atoms with van der Waals surface area (Å²) in [5.41, 5.74) is 4.48. The van der Waals surface area contributed by atoms with Gasteiger partial charge in [-0.05, 0) is 48.7 Å². The van der Waals surface area contributed by atoms with Crippen LogP contribution in [0.1, 0.15) is 11.3 Å². The highest BCUT2D eigenvalue weighted by Gasteiger charge is 2.04. The lowest BCUT2D eigenvalue weighted by Gasteiger charge is -2.07. The van der Waals surface area contributed by atoms with E-state index in [1.165, 1.54) is 11.1 Å². The van der Waals surface area contributed by atoms with E-state index in [1.807, 2.05) is 38.2 Å². The molecule has 1 aromatic carbocycles. The van der Waals surface area contributed by atoms with Crippen LogP contribution in [0.3, 0.4) is 0 Å². The van der Waals surface area contributed by atoms with Gasteiger partial charge in [0.1, 0.15) is 0 Å².